The molecule has 1 aromatic carbocycles. The largest absolute Gasteiger partial charge is 0.502 e. The highest BCUT2D eigenvalue weighted by atomic mass is 16.5. The smallest absolute Gasteiger partial charge is 0.227 e. The molecule has 8 nitrogen and oxygen atoms in total. The molecule has 0 aliphatic rings. The van der Waals surface area contributed by atoms with Crippen molar-refractivity contribution in [2.45, 2.75) is 33.6 Å². The van der Waals surface area contributed by atoms with Gasteiger partial charge in [-0.25, -0.2) is 0 Å². The molecule has 0 aliphatic heterocycles. The first-order valence-electron chi connectivity index (χ1n) is 10.1. The fourth-order valence-electron chi connectivity index (χ4n) is 3.30. The van der Waals surface area contributed by atoms with Gasteiger partial charge in [0.1, 0.15) is 17.4 Å². The van der Waals surface area contributed by atoms with Crippen molar-refractivity contribution >= 4 is 0 Å². The first-order valence-corrected chi connectivity index (χ1v) is 10.1. The van der Waals surface area contributed by atoms with Crippen LogP contribution in [0.2, 0.25) is 0 Å². The number of methoxy groups -OCH3 is 1. The average molecular weight is 442 g/mol. The molecule has 0 radical (unpaired) electrons. The van der Waals surface area contributed by atoms with E-state index in [9.17, 15) is 19.8 Å². The first-order chi connectivity index (χ1) is 15.1. The van der Waals surface area contributed by atoms with Gasteiger partial charge in [-0.15, -0.1) is 0 Å². The Labute approximate surface area is 184 Å². The fraction of sp³-hybridized carbons (Fsp3) is 0.333. The van der Waals surface area contributed by atoms with Crippen molar-refractivity contribution in [1.29, 1.82) is 0 Å². The number of rotatable bonds is 7. The second-order valence-corrected chi connectivity index (χ2v) is 7.92. The third-order valence-electron chi connectivity index (χ3n) is 4.76. The van der Waals surface area contributed by atoms with Crippen LogP contribution in [0.25, 0.3) is 0 Å². The Morgan fingerprint density at radius 3 is 1.88 bits per heavy atom. The van der Waals surface area contributed by atoms with Crippen molar-refractivity contribution in [1.82, 2.24) is 0 Å². The second kappa shape index (κ2) is 9.21. The van der Waals surface area contributed by atoms with Gasteiger partial charge in [0.05, 0.1) is 13.7 Å². The number of ether oxygens (including phenoxy) is 2. The van der Waals surface area contributed by atoms with Crippen LogP contribution in [-0.2, 0) is 0 Å². The van der Waals surface area contributed by atoms with E-state index < -0.39 is 28.3 Å². The van der Waals surface area contributed by atoms with E-state index in [0.29, 0.717) is 29.6 Å². The van der Waals surface area contributed by atoms with Crippen LogP contribution >= 0.6 is 0 Å². The molecule has 0 unspecified atom stereocenters. The van der Waals surface area contributed by atoms with Crippen LogP contribution < -0.4 is 20.3 Å². The number of aryl methyl sites for hydroxylation is 2. The fourth-order valence-corrected chi connectivity index (χ4v) is 3.30. The number of benzene rings is 1. The Morgan fingerprint density at radius 2 is 1.41 bits per heavy atom. The van der Waals surface area contributed by atoms with Gasteiger partial charge in [0.2, 0.25) is 22.4 Å². The summed E-state index contributed by atoms with van der Waals surface area (Å²) in [6, 6.07) is 7.23. The third-order valence-corrected chi connectivity index (χ3v) is 4.76. The molecule has 2 aromatic heterocycles. The average Bonchev–Trinajstić information content (AvgIpc) is 2.73. The van der Waals surface area contributed by atoms with Gasteiger partial charge >= 0.3 is 0 Å². The molecule has 3 aromatic rings. The van der Waals surface area contributed by atoms with E-state index in [1.54, 1.807) is 32.0 Å². The van der Waals surface area contributed by atoms with Crippen LogP contribution in [0.4, 0.5) is 0 Å². The minimum atomic E-state index is -1.11. The number of hydrogen-bond donors (Lipinski definition) is 2. The molecule has 8 heteroatoms. The molecule has 32 heavy (non-hydrogen) atoms. The van der Waals surface area contributed by atoms with Crippen LogP contribution in [0.1, 0.15) is 48.4 Å². The van der Waals surface area contributed by atoms with Crippen LogP contribution in [0, 0.1) is 19.8 Å². The van der Waals surface area contributed by atoms with E-state index in [1.165, 1.54) is 7.11 Å². The third kappa shape index (κ3) is 4.64. The van der Waals surface area contributed by atoms with Gasteiger partial charge in [-0.2, -0.15) is 0 Å². The maximum absolute atomic E-state index is 12.3. The summed E-state index contributed by atoms with van der Waals surface area (Å²) >= 11 is 0. The molecule has 0 spiro atoms. The Kier molecular flexibility index (Phi) is 6.62. The van der Waals surface area contributed by atoms with Crippen molar-refractivity contribution in [2.75, 3.05) is 13.7 Å². The van der Waals surface area contributed by atoms with E-state index in [0.717, 1.165) is 12.1 Å². The lowest BCUT2D eigenvalue weighted by molar-refractivity contribution is 0.256. The highest BCUT2D eigenvalue weighted by molar-refractivity contribution is 5.51. The molecule has 0 amide bonds. The molecule has 2 heterocycles. The molecule has 0 atom stereocenters. The lowest BCUT2D eigenvalue weighted by atomic mass is 9.91. The summed E-state index contributed by atoms with van der Waals surface area (Å²) in [5.41, 5.74) is -0.883. The van der Waals surface area contributed by atoms with E-state index in [4.69, 9.17) is 18.3 Å². The van der Waals surface area contributed by atoms with E-state index in [2.05, 4.69) is 0 Å². The molecule has 0 aliphatic carbocycles. The Balaban J connectivity index is 2.28. The van der Waals surface area contributed by atoms with Gasteiger partial charge in [-0.1, -0.05) is 19.9 Å². The quantitative estimate of drug-likeness (QED) is 0.566. The number of aromatic hydroxyl groups is 2. The van der Waals surface area contributed by atoms with Gasteiger partial charge in [0, 0.05) is 12.1 Å². The monoisotopic (exact) mass is 442 g/mol. The molecule has 3 rings (SSSR count). The Morgan fingerprint density at radius 1 is 0.875 bits per heavy atom. The molecule has 0 fully saturated rings. The van der Waals surface area contributed by atoms with Gasteiger partial charge in [0.25, 0.3) is 0 Å². The molecule has 0 bridgehead atoms. The van der Waals surface area contributed by atoms with Crippen molar-refractivity contribution in [3.05, 3.63) is 79.4 Å². The SMILES string of the molecule is COc1cc(C(c2oc(C)cc(=O)c2O)c2oc(C)cc(=O)c2O)ccc1OCC(C)C. The normalized spacial score (nSPS) is 11.2. The summed E-state index contributed by atoms with van der Waals surface area (Å²) in [5.74, 6) is -1.09. The zero-order chi connectivity index (χ0) is 23.6. The van der Waals surface area contributed by atoms with Crippen LogP contribution in [0.5, 0.6) is 23.0 Å². The predicted octanol–water partition coefficient (Wildman–Crippen LogP) is 3.84. The van der Waals surface area contributed by atoms with Gasteiger partial charge in [-0.3, -0.25) is 9.59 Å². The highest BCUT2D eigenvalue weighted by Gasteiger charge is 2.31. The van der Waals surface area contributed by atoms with E-state index >= 15 is 0 Å². The molecular formula is C24H26O8. The van der Waals surface area contributed by atoms with Crippen LogP contribution in [-0.4, -0.2) is 23.9 Å². The summed E-state index contributed by atoms with van der Waals surface area (Å²) in [6.45, 7) is 7.61. The van der Waals surface area contributed by atoms with Gasteiger partial charge < -0.3 is 28.5 Å². The number of hydrogen-bond acceptors (Lipinski definition) is 8. The maximum Gasteiger partial charge on any atom is 0.227 e. The molecule has 2 N–H and O–H groups in total. The lowest BCUT2D eigenvalue weighted by Crippen LogP contribution is -2.13. The highest BCUT2D eigenvalue weighted by Crippen LogP contribution is 2.41. The zero-order valence-electron chi connectivity index (χ0n) is 18.6. The molecule has 170 valence electrons. The van der Waals surface area contributed by atoms with E-state index in [-0.39, 0.29) is 23.0 Å². The first kappa shape index (κ1) is 23.0. The zero-order valence-corrected chi connectivity index (χ0v) is 18.6. The molecular weight excluding hydrogens is 416 g/mol. The summed E-state index contributed by atoms with van der Waals surface area (Å²) < 4.78 is 22.6. The summed E-state index contributed by atoms with van der Waals surface area (Å²) in [4.78, 5) is 24.5. The second-order valence-electron chi connectivity index (χ2n) is 7.92. The van der Waals surface area contributed by atoms with Crippen LogP contribution in [0.3, 0.4) is 0 Å². The minimum Gasteiger partial charge on any atom is -0.502 e. The summed E-state index contributed by atoms with van der Waals surface area (Å²) in [5, 5.41) is 21.0. The van der Waals surface area contributed by atoms with E-state index in [1.807, 2.05) is 13.8 Å². The Bertz CT molecular complexity index is 1170. The predicted molar refractivity (Wildman–Crippen MR) is 117 cm³/mol. The topological polar surface area (TPSA) is 119 Å². The van der Waals surface area contributed by atoms with Crippen LogP contribution in [0.15, 0.2) is 48.8 Å². The van der Waals surface area contributed by atoms with Gasteiger partial charge in [0.15, 0.2) is 23.0 Å². The summed E-state index contributed by atoms with van der Waals surface area (Å²) in [6.07, 6.45) is 0. The van der Waals surface area contributed by atoms with Crippen molar-refractivity contribution in [2.24, 2.45) is 5.92 Å². The van der Waals surface area contributed by atoms with Crippen molar-refractivity contribution in [3.63, 3.8) is 0 Å². The lowest BCUT2D eigenvalue weighted by Gasteiger charge is -2.20. The summed E-state index contributed by atoms with van der Waals surface area (Å²) in [7, 11) is 1.48. The molecule has 0 saturated carbocycles. The minimum absolute atomic E-state index is 0.169. The Hall–Kier alpha value is -3.68. The van der Waals surface area contributed by atoms with Gasteiger partial charge in [-0.05, 0) is 37.5 Å². The van der Waals surface area contributed by atoms with Crippen molar-refractivity contribution < 1.29 is 28.5 Å². The maximum atomic E-state index is 12.3. The molecule has 0 saturated heterocycles. The standard InChI is InChI=1S/C24H26O8/c1-12(2)11-30-18-7-6-15(10-19(18)29-5)20(23-21(27)16(25)8-13(3)31-23)24-22(28)17(26)9-14(4)32-24/h6-10,12,20,27-28H,11H2,1-5H3. The van der Waals surface area contributed by atoms with Crippen molar-refractivity contribution in [3.8, 4) is 23.0 Å².